The number of likely N-dealkylation sites (tertiary alicyclic amines) is 1. The van der Waals surface area contributed by atoms with E-state index >= 15 is 0 Å². The number of hydrogen-bond donors (Lipinski definition) is 2. The second kappa shape index (κ2) is 8.45. The number of nitrogens with one attached hydrogen (secondary N) is 1. The van der Waals surface area contributed by atoms with Crippen molar-refractivity contribution in [2.45, 2.75) is 37.1 Å². The SMILES string of the molecule is CC(=O)NC1(c2ccccc2)CCN(C[C@@H]2C[C@@]2(C(=O)O)c2cccc(Cl)c2Cl)CC1. The van der Waals surface area contributed by atoms with Crippen LogP contribution in [0.4, 0.5) is 0 Å². The van der Waals surface area contributed by atoms with Crippen molar-refractivity contribution in [3.8, 4) is 0 Å². The number of carboxylic acid groups (broad SMARTS) is 1. The lowest BCUT2D eigenvalue weighted by Crippen LogP contribution is -2.53. The van der Waals surface area contributed by atoms with Gasteiger partial charge in [-0.1, -0.05) is 65.7 Å². The van der Waals surface area contributed by atoms with Crippen LogP contribution < -0.4 is 5.32 Å². The smallest absolute Gasteiger partial charge is 0.314 e. The molecule has 0 radical (unpaired) electrons. The van der Waals surface area contributed by atoms with Crippen LogP contribution in [-0.2, 0) is 20.5 Å². The van der Waals surface area contributed by atoms with Gasteiger partial charge < -0.3 is 15.3 Å². The van der Waals surface area contributed by atoms with Gasteiger partial charge in [-0.3, -0.25) is 9.59 Å². The number of hydrogen-bond acceptors (Lipinski definition) is 3. The fraction of sp³-hybridized carbons (Fsp3) is 0.417. The van der Waals surface area contributed by atoms with E-state index in [1.54, 1.807) is 25.1 Å². The number of rotatable bonds is 6. The van der Waals surface area contributed by atoms with Crippen molar-refractivity contribution in [2.24, 2.45) is 5.92 Å². The normalized spacial score (nSPS) is 25.1. The average Bonchev–Trinajstić information content (AvgIpc) is 3.47. The molecule has 0 bridgehead atoms. The van der Waals surface area contributed by atoms with E-state index in [4.69, 9.17) is 23.2 Å². The third-order valence-electron chi connectivity index (χ3n) is 6.85. The van der Waals surface area contributed by atoms with E-state index in [9.17, 15) is 14.7 Å². The molecule has 4 rings (SSSR count). The van der Waals surface area contributed by atoms with Gasteiger partial charge in [-0.05, 0) is 42.4 Å². The molecule has 5 nitrogen and oxygen atoms in total. The van der Waals surface area contributed by atoms with Crippen LogP contribution in [0.25, 0.3) is 0 Å². The van der Waals surface area contributed by atoms with Gasteiger partial charge in [0.15, 0.2) is 0 Å². The van der Waals surface area contributed by atoms with Gasteiger partial charge in [-0.2, -0.15) is 0 Å². The second-order valence-corrected chi connectivity index (χ2v) is 9.49. The van der Waals surface area contributed by atoms with E-state index < -0.39 is 11.4 Å². The van der Waals surface area contributed by atoms with Crippen molar-refractivity contribution in [2.75, 3.05) is 19.6 Å². The van der Waals surface area contributed by atoms with Crippen LogP contribution in [0.1, 0.15) is 37.3 Å². The molecule has 1 saturated carbocycles. The van der Waals surface area contributed by atoms with Crippen molar-refractivity contribution >= 4 is 35.1 Å². The summed E-state index contributed by atoms with van der Waals surface area (Å²) in [5, 5.41) is 13.9. The molecule has 1 aliphatic carbocycles. The molecule has 0 spiro atoms. The number of carboxylic acids is 1. The summed E-state index contributed by atoms with van der Waals surface area (Å²) in [5.74, 6) is -0.915. The van der Waals surface area contributed by atoms with E-state index in [1.807, 2.05) is 18.2 Å². The van der Waals surface area contributed by atoms with Crippen LogP contribution in [-0.4, -0.2) is 41.5 Å². The summed E-state index contributed by atoms with van der Waals surface area (Å²) >= 11 is 12.5. The van der Waals surface area contributed by atoms with Crippen LogP contribution in [0.15, 0.2) is 48.5 Å². The van der Waals surface area contributed by atoms with Gasteiger partial charge in [0.25, 0.3) is 0 Å². The Morgan fingerprint density at radius 1 is 1.10 bits per heavy atom. The van der Waals surface area contributed by atoms with Crippen LogP contribution in [0.5, 0.6) is 0 Å². The first-order chi connectivity index (χ1) is 14.8. The second-order valence-electron chi connectivity index (χ2n) is 8.71. The molecule has 1 aliphatic heterocycles. The molecule has 0 aromatic heterocycles. The Morgan fingerprint density at radius 3 is 2.39 bits per heavy atom. The molecule has 2 fully saturated rings. The minimum Gasteiger partial charge on any atom is -0.481 e. The number of benzene rings is 2. The first-order valence-electron chi connectivity index (χ1n) is 10.5. The topological polar surface area (TPSA) is 69.6 Å². The number of carbonyl (C=O) groups excluding carboxylic acids is 1. The number of aliphatic carboxylic acids is 1. The molecule has 2 aromatic carbocycles. The third-order valence-corrected chi connectivity index (χ3v) is 7.67. The molecular weight excluding hydrogens is 435 g/mol. The monoisotopic (exact) mass is 460 g/mol. The zero-order valence-corrected chi connectivity index (χ0v) is 18.9. The summed E-state index contributed by atoms with van der Waals surface area (Å²) in [7, 11) is 0. The standard InChI is InChI=1S/C24H26Cl2N2O3/c1-16(29)27-23(17-6-3-2-4-7-17)10-12-28(13-11-23)15-18-14-24(18,22(30)31)19-8-5-9-20(25)21(19)26/h2-9,18H,10-15H2,1H3,(H,27,29)(H,30,31)/t18-,24-/m0/s1. The molecule has 7 heteroatoms. The Labute approximate surface area is 192 Å². The van der Waals surface area contributed by atoms with E-state index in [1.165, 1.54) is 0 Å². The predicted octanol–water partition coefficient (Wildman–Crippen LogP) is 4.46. The Kier molecular flexibility index (Phi) is 6.03. The summed E-state index contributed by atoms with van der Waals surface area (Å²) in [5.41, 5.74) is 0.357. The third kappa shape index (κ3) is 4.07. The van der Waals surface area contributed by atoms with E-state index in [2.05, 4.69) is 22.3 Å². The zero-order valence-electron chi connectivity index (χ0n) is 17.4. The van der Waals surface area contributed by atoms with Gasteiger partial charge in [0.2, 0.25) is 5.91 Å². The van der Waals surface area contributed by atoms with Gasteiger partial charge >= 0.3 is 5.97 Å². The highest BCUT2D eigenvalue weighted by Gasteiger charge is 2.62. The highest BCUT2D eigenvalue weighted by atomic mass is 35.5. The first kappa shape index (κ1) is 22.1. The molecule has 1 amide bonds. The van der Waals surface area contributed by atoms with Crippen LogP contribution >= 0.6 is 23.2 Å². The van der Waals surface area contributed by atoms with E-state index in [-0.39, 0.29) is 17.4 Å². The molecule has 31 heavy (non-hydrogen) atoms. The molecule has 1 saturated heterocycles. The Bertz CT molecular complexity index is 990. The van der Waals surface area contributed by atoms with Crippen molar-refractivity contribution in [1.82, 2.24) is 10.2 Å². The summed E-state index contributed by atoms with van der Waals surface area (Å²) in [6.45, 7) is 3.80. The van der Waals surface area contributed by atoms with Crippen molar-refractivity contribution in [3.63, 3.8) is 0 Å². The van der Waals surface area contributed by atoms with Crippen molar-refractivity contribution < 1.29 is 14.7 Å². The number of nitrogens with zero attached hydrogens (tertiary/aromatic N) is 1. The van der Waals surface area contributed by atoms with Gasteiger partial charge in [0.1, 0.15) is 0 Å². The molecule has 2 aliphatic rings. The summed E-state index contributed by atoms with van der Waals surface area (Å²) in [6.07, 6.45) is 2.11. The molecule has 2 aromatic rings. The van der Waals surface area contributed by atoms with E-state index in [0.717, 1.165) is 31.5 Å². The minimum atomic E-state index is -0.979. The van der Waals surface area contributed by atoms with Crippen molar-refractivity contribution in [1.29, 1.82) is 0 Å². The van der Waals surface area contributed by atoms with Crippen molar-refractivity contribution in [3.05, 3.63) is 69.7 Å². The zero-order chi connectivity index (χ0) is 22.2. The average molecular weight is 461 g/mol. The largest absolute Gasteiger partial charge is 0.481 e. The number of amides is 1. The maximum absolute atomic E-state index is 12.2. The lowest BCUT2D eigenvalue weighted by molar-refractivity contribution is -0.140. The minimum absolute atomic E-state index is 0.0223. The maximum atomic E-state index is 12.2. The number of piperidine rings is 1. The molecule has 0 unspecified atom stereocenters. The summed E-state index contributed by atoms with van der Waals surface area (Å²) in [4.78, 5) is 26.5. The van der Waals surface area contributed by atoms with Gasteiger partial charge in [0, 0.05) is 26.6 Å². The molecule has 1 heterocycles. The fourth-order valence-electron chi connectivity index (χ4n) is 5.11. The molecule has 164 valence electrons. The molecule has 2 atom stereocenters. The quantitative estimate of drug-likeness (QED) is 0.667. The Balaban J connectivity index is 1.48. The van der Waals surface area contributed by atoms with Gasteiger partial charge in [0.05, 0.1) is 21.0 Å². The van der Waals surface area contributed by atoms with Gasteiger partial charge in [-0.25, -0.2) is 0 Å². The van der Waals surface area contributed by atoms with E-state index in [0.29, 0.717) is 28.6 Å². The maximum Gasteiger partial charge on any atom is 0.314 e. The fourth-order valence-corrected chi connectivity index (χ4v) is 5.58. The van der Waals surface area contributed by atoms with Gasteiger partial charge in [-0.15, -0.1) is 0 Å². The lowest BCUT2D eigenvalue weighted by atomic mass is 9.80. The molecule has 2 N–H and O–H groups in total. The van der Waals surface area contributed by atoms with Crippen LogP contribution in [0, 0.1) is 5.92 Å². The lowest BCUT2D eigenvalue weighted by Gasteiger charge is -2.43. The highest BCUT2D eigenvalue weighted by molar-refractivity contribution is 6.42. The first-order valence-corrected chi connectivity index (χ1v) is 11.3. The Morgan fingerprint density at radius 2 is 1.77 bits per heavy atom. The molecular formula is C24H26Cl2N2O3. The number of halogens is 2. The predicted molar refractivity (Wildman–Crippen MR) is 121 cm³/mol. The summed E-state index contributed by atoms with van der Waals surface area (Å²) in [6, 6.07) is 15.3. The Hall–Kier alpha value is -2.08. The highest BCUT2D eigenvalue weighted by Crippen LogP contribution is 2.57. The van der Waals surface area contributed by atoms with Crippen LogP contribution in [0.3, 0.4) is 0 Å². The number of carbonyl (C=O) groups is 2. The van der Waals surface area contributed by atoms with Crippen LogP contribution in [0.2, 0.25) is 10.0 Å². The summed E-state index contributed by atoms with van der Waals surface area (Å²) < 4.78 is 0.